The van der Waals surface area contributed by atoms with Crippen molar-refractivity contribution in [2.75, 3.05) is 19.0 Å². The first-order valence-corrected chi connectivity index (χ1v) is 14.0. The highest BCUT2D eigenvalue weighted by atomic mass is 35.5. The number of carbonyl (C=O) groups is 3. The van der Waals surface area contributed by atoms with E-state index in [1.165, 1.54) is 30.1 Å². The lowest BCUT2D eigenvalue weighted by atomic mass is 9.88. The van der Waals surface area contributed by atoms with Crippen LogP contribution in [0.1, 0.15) is 44.6 Å². The number of thiophene rings is 1. The highest BCUT2D eigenvalue weighted by Crippen LogP contribution is 2.40. The number of rotatable bonds is 6. The number of esters is 2. The predicted molar refractivity (Wildman–Crippen MR) is 155 cm³/mol. The molecule has 0 saturated carbocycles. The van der Waals surface area contributed by atoms with E-state index in [0.717, 1.165) is 29.7 Å². The number of halogens is 1. The standard InChI is InChI=1S/C30H27ClN2O6S/c1-16-8-13-21-22(14-16)40-27(25(21)29(36)38-3)32-23(34)15-39-30(37)26-24(17-9-11-18(31)12-10-17)19-6-4-5-7-20(19)28(35)33(26)2/h4-7,9-12,16H,8,13-15H2,1-3H3,(H,32,34). The molecule has 1 atom stereocenters. The van der Waals surface area contributed by atoms with Gasteiger partial charge in [-0.15, -0.1) is 11.3 Å². The van der Waals surface area contributed by atoms with Gasteiger partial charge in [0, 0.05) is 27.9 Å². The molecule has 1 N–H and O–H groups in total. The van der Waals surface area contributed by atoms with Gasteiger partial charge in [0.15, 0.2) is 6.61 Å². The number of nitrogens with zero attached hydrogens (tertiary/aromatic N) is 1. The zero-order chi connectivity index (χ0) is 28.6. The Bertz CT molecular complexity index is 1710. The highest BCUT2D eigenvalue weighted by molar-refractivity contribution is 7.17. The maximum atomic E-state index is 13.4. The smallest absolute Gasteiger partial charge is 0.356 e. The van der Waals surface area contributed by atoms with Crippen LogP contribution >= 0.6 is 22.9 Å². The Hall–Kier alpha value is -3.95. The van der Waals surface area contributed by atoms with Gasteiger partial charge in [-0.25, -0.2) is 9.59 Å². The van der Waals surface area contributed by atoms with Gasteiger partial charge >= 0.3 is 11.9 Å². The molecule has 8 nitrogen and oxygen atoms in total. The lowest BCUT2D eigenvalue weighted by Gasteiger charge is -2.18. The number of hydrogen-bond donors (Lipinski definition) is 1. The third-order valence-electron chi connectivity index (χ3n) is 7.12. The number of amides is 1. The van der Waals surface area contributed by atoms with Crippen LogP contribution < -0.4 is 10.9 Å². The van der Waals surface area contributed by atoms with E-state index in [4.69, 9.17) is 21.1 Å². The number of methoxy groups -OCH3 is 1. The number of hydrogen-bond acceptors (Lipinski definition) is 7. The van der Waals surface area contributed by atoms with Crippen molar-refractivity contribution < 1.29 is 23.9 Å². The Morgan fingerprint density at radius 2 is 1.77 bits per heavy atom. The molecule has 0 spiro atoms. The van der Waals surface area contributed by atoms with Crippen molar-refractivity contribution in [2.24, 2.45) is 13.0 Å². The SMILES string of the molecule is COC(=O)c1c(NC(=O)COC(=O)c2c(-c3ccc(Cl)cc3)c3ccccc3c(=O)n2C)sc2c1CCC(C)C2. The van der Waals surface area contributed by atoms with Gasteiger partial charge in [-0.1, -0.05) is 48.9 Å². The van der Waals surface area contributed by atoms with Gasteiger partial charge in [0.2, 0.25) is 0 Å². The monoisotopic (exact) mass is 578 g/mol. The van der Waals surface area contributed by atoms with Crippen LogP contribution in [0.5, 0.6) is 0 Å². The second-order valence-corrected chi connectivity index (χ2v) is 11.4. The Balaban J connectivity index is 1.44. The number of ether oxygens (including phenoxy) is 2. The molecule has 0 radical (unpaired) electrons. The van der Waals surface area contributed by atoms with Crippen molar-refractivity contribution in [3.8, 4) is 11.1 Å². The van der Waals surface area contributed by atoms with E-state index in [1.54, 1.807) is 48.5 Å². The minimum Gasteiger partial charge on any atom is -0.465 e. The predicted octanol–water partition coefficient (Wildman–Crippen LogP) is 5.63. The van der Waals surface area contributed by atoms with Crippen LogP contribution in [0, 0.1) is 5.92 Å². The molecule has 0 saturated heterocycles. The Morgan fingerprint density at radius 3 is 2.48 bits per heavy atom. The molecule has 1 aliphatic carbocycles. The summed E-state index contributed by atoms with van der Waals surface area (Å²) >= 11 is 7.43. The third-order valence-corrected chi connectivity index (χ3v) is 8.54. The number of benzene rings is 2. The van der Waals surface area contributed by atoms with Gasteiger partial charge in [-0.3, -0.25) is 9.59 Å². The Labute approximate surface area is 239 Å². The molecule has 10 heteroatoms. The van der Waals surface area contributed by atoms with E-state index in [9.17, 15) is 19.2 Å². The van der Waals surface area contributed by atoms with E-state index >= 15 is 0 Å². The first kappa shape index (κ1) is 27.6. The minimum atomic E-state index is -0.835. The largest absolute Gasteiger partial charge is 0.465 e. The quantitative estimate of drug-likeness (QED) is 0.298. The van der Waals surface area contributed by atoms with Gasteiger partial charge in [-0.2, -0.15) is 0 Å². The van der Waals surface area contributed by atoms with E-state index < -0.39 is 24.5 Å². The molecule has 0 bridgehead atoms. The van der Waals surface area contributed by atoms with Crippen LogP contribution in [-0.4, -0.2) is 36.1 Å². The summed E-state index contributed by atoms with van der Waals surface area (Å²) in [5.74, 6) is -1.48. The van der Waals surface area contributed by atoms with Gasteiger partial charge in [0.1, 0.15) is 10.7 Å². The second-order valence-electron chi connectivity index (χ2n) is 9.81. The van der Waals surface area contributed by atoms with Crippen LogP contribution in [0.25, 0.3) is 21.9 Å². The number of nitrogens with one attached hydrogen (secondary N) is 1. The number of aromatic nitrogens is 1. The van der Waals surface area contributed by atoms with E-state index in [1.807, 2.05) is 0 Å². The molecular formula is C30H27ClN2O6S. The van der Waals surface area contributed by atoms with E-state index in [-0.39, 0.29) is 11.3 Å². The van der Waals surface area contributed by atoms with Crippen molar-refractivity contribution in [1.29, 1.82) is 0 Å². The average Bonchev–Trinajstić information content (AvgIpc) is 3.30. The molecule has 1 amide bonds. The first-order valence-electron chi connectivity index (χ1n) is 12.8. The molecular weight excluding hydrogens is 552 g/mol. The fourth-order valence-electron chi connectivity index (χ4n) is 5.13. The summed E-state index contributed by atoms with van der Waals surface area (Å²) in [6, 6.07) is 13.9. The highest BCUT2D eigenvalue weighted by Gasteiger charge is 2.29. The van der Waals surface area contributed by atoms with Crippen LogP contribution in [0.2, 0.25) is 5.02 Å². The van der Waals surface area contributed by atoms with Crippen molar-refractivity contribution in [2.45, 2.75) is 26.2 Å². The molecule has 1 unspecified atom stereocenters. The Kier molecular flexibility index (Phi) is 7.78. The summed E-state index contributed by atoms with van der Waals surface area (Å²) < 4.78 is 11.6. The maximum Gasteiger partial charge on any atom is 0.356 e. The summed E-state index contributed by atoms with van der Waals surface area (Å²) in [6.45, 7) is 1.54. The summed E-state index contributed by atoms with van der Waals surface area (Å²) in [5.41, 5.74) is 2.05. The van der Waals surface area contributed by atoms with Crippen molar-refractivity contribution in [1.82, 2.24) is 4.57 Å². The van der Waals surface area contributed by atoms with Crippen LogP contribution in [0.4, 0.5) is 5.00 Å². The van der Waals surface area contributed by atoms with Crippen molar-refractivity contribution >= 4 is 56.6 Å². The number of carbonyl (C=O) groups excluding carboxylic acids is 3. The molecule has 2 heterocycles. The molecule has 2 aromatic carbocycles. The maximum absolute atomic E-state index is 13.4. The van der Waals surface area contributed by atoms with Gasteiger partial charge in [0.25, 0.3) is 11.5 Å². The zero-order valence-electron chi connectivity index (χ0n) is 22.2. The molecule has 0 aliphatic heterocycles. The summed E-state index contributed by atoms with van der Waals surface area (Å²) in [7, 11) is 2.79. The minimum absolute atomic E-state index is 0.00893. The van der Waals surface area contributed by atoms with Crippen LogP contribution in [0.15, 0.2) is 53.3 Å². The fraction of sp³-hybridized carbons (Fsp3) is 0.267. The van der Waals surface area contributed by atoms with Crippen LogP contribution in [0.3, 0.4) is 0 Å². The summed E-state index contributed by atoms with van der Waals surface area (Å²) in [4.78, 5) is 53.1. The molecule has 4 aromatic rings. The van der Waals surface area contributed by atoms with E-state index in [2.05, 4.69) is 12.2 Å². The molecule has 1 aliphatic rings. The second kappa shape index (κ2) is 11.3. The van der Waals surface area contributed by atoms with Gasteiger partial charge in [0.05, 0.1) is 12.7 Å². The molecule has 2 aromatic heterocycles. The number of pyridine rings is 1. The van der Waals surface area contributed by atoms with Crippen molar-refractivity contribution in [3.05, 3.63) is 85.6 Å². The average molecular weight is 579 g/mol. The lowest BCUT2D eigenvalue weighted by Crippen LogP contribution is -2.28. The number of fused-ring (bicyclic) bond motifs is 2. The zero-order valence-corrected chi connectivity index (χ0v) is 23.8. The molecule has 0 fully saturated rings. The Morgan fingerprint density at radius 1 is 1.07 bits per heavy atom. The topological polar surface area (TPSA) is 104 Å². The summed E-state index contributed by atoms with van der Waals surface area (Å²) in [6.07, 6.45) is 2.49. The lowest BCUT2D eigenvalue weighted by molar-refractivity contribution is -0.119. The van der Waals surface area contributed by atoms with E-state index in [0.29, 0.717) is 43.4 Å². The summed E-state index contributed by atoms with van der Waals surface area (Å²) in [5, 5.41) is 4.65. The van der Waals surface area contributed by atoms with Crippen LogP contribution in [-0.2, 0) is 34.2 Å². The molecule has 40 heavy (non-hydrogen) atoms. The molecule has 206 valence electrons. The fourth-order valence-corrected chi connectivity index (χ4v) is 6.67. The number of anilines is 1. The normalized spacial score (nSPS) is 14.4. The first-order chi connectivity index (χ1) is 19.2. The third kappa shape index (κ3) is 5.14. The molecule has 5 rings (SSSR count). The van der Waals surface area contributed by atoms with Gasteiger partial charge in [-0.05, 0) is 59.9 Å². The van der Waals surface area contributed by atoms with Crippen molar-refractivity contribution in [3.63, 3.8) is 0 Å². The van der Waals surface area contributed by atoms with Gasteiger partial charge < -0.3 is 19.4 Å².